The molecule has 0 unspecified atom stereocenters. The number of carbonyl (C=O) groups excluding carboxylic acids is 2. The first-order chi connectivity index (χ1) is 14.1. The third-order valence-electron chi connectivity index (χ3n) is 4.91. The number of hydrogen-bond donors (Lipinski definition) is 1. The van der Waals surface area contributed by atoms with E-state index in [2.05, 4.69) is 5.32 Å². The monoisotopic (exact) mass is 389 g/mol. The molecule has 0 heterocycles. The highest BCUT2D eigenvalue weighted by Gasteiger charge is 2.27. The zero-order valence-corrected chi connectivity index (χ0v) is 16.2. The lowest BCUT2D eigenvalue weighted by Crippen LogP contribution is -2.13. The standard InChI is InChI=1S/C23H19NO5/c1-27-19-11-14(12-20(28-2)22(19)29-3)24-23(26)13-8-9-16-15-6-4-5-7-17(15)21(25)18(16)10-13/h4-12H,1-3H3,(H,24,26). The van der Waals surface area contributed by atoms with Crippen molar-refractivity contribution in [1.82, 2.24) is 0 Å². The van der Waals surface area contributed by atoms with Crippen LogP contribution in [0.15, 0.2) is 54.6 Å². The van der Waals surface area contributed by atoms with E-state index >= 15 is 0 Å². The van der Waals surface area contributed by atoms with E-state index in [0.717, 1.165) is 11.1 Å². The fraction of sp³-hybridized carbons (Fsp3) is 0.130. The van der Waals surface area contributed by atoms with E-state index in [1.165, 1.54) is 21.3 Å². The Hall–Kier alpha value is -3.80. The van der Waals surface area contributed by atoms with Crippen molar-refractivity contribution in [2.45, 2.75) is 0 Å². The molecule has 6 heteroatoms. The van der Waals surface area contributed by atoms with Gasteiger partial charge in [0, 0.05) is 34.5 Å². The lowest BCUT2D eigenvalue weighted by atomic mass is 10.0. The molecule has 0 aliphatic heterocycles. The first-order valence-electron chi connectivity index (χ1n) is 8.97. The highest BCUT2D eigenvalue weighted by atomic mass is 16.5. The van der Waals surface area contributed by atoms with Crippen LogP contribution < -0.4 is 19.5 Å². The molecule has 0 fully saturated rings. The maximum Gasteiger partial charge on any atom is 0.255 e. The molecule has 3 aromatic rings. The SMILES string of the molecule is COc1cc(NC(=O)c2ccc3c(c2)C(=O)c2ccccc2-3)cc(OC)c1OC. The Kier molecular flexibility index (Phi) is 4.68. The number of nitrogens with one attached hydrogen (secondary N) is 1. The maximum atomic E-state index is 12.8. The van der Waals surface area contributed by atoms with Gasteiger partial charge >= 0.3 is 0 Å². The van der Waals surface area contributed by atoms with Crippen molar-refractivity contribution in [1.29, 1.82) is 0 Å². The van der Waals surface area contributed by atoms with Crippen LogP contribution in [0.1, 0.15) is 26.3 Å². The molecule has 1 aliphatic rings. The van der Waals surface area contributed by atoms with Crippen LogP contribution >= 0.6 is 0 Å². The van der Waals surface area contributed by atoms with Gasteiger partial charge in [0.05, 0.1) is 21.3 Å². The maximum absolute atomic E-state index is 12.8. The lowest BCUT2D eigenvalue weighted by molar-refractivity contribution is 0.102. The molecule has 0 saturated carbocycles. The van der Waals surface area contributed by atoms with Crippen LogP contribution in [0.2, 0.25) is 0 Å². The van der Waals surface area contributed by atoms with Gasteiger partial charge in [0.25, 0.3) is 5.91 Å². The van der Waals surface area contributed by atoms with Crippen LogP contribution in [-0.2, 0) is 0 Å². The number of hydrogen-bond acceptors (Lipinski definition) is 5. The molecule has 0 spiro atoms. The molecular weight excluding hydrogens is 370 g/mol. The van der Waals surface area contributed by atoms with Gasteiger partial charge in [-0.05, 0) is 23.3 Å². The van der Waals surface area contributed by atoms with Gasteiger partial charge in [-0.25, -0.2) is 0 Å². The number of ketones is 1. The molecule has 1 amide bonds. The summed E-state index contributed by atoms with van der Waals surface area (Å²) in [6.07, 6.45) is 0. The third-order valence-corrected chi connectivity index (χ3v) is 4.91. The van der Waals surface area contributed by atoms with Crippen molar-refractivity contribution in [3.05, 3.63) is 71.3 Å². The van der Waals surface area contributed by atoms with Crippen LogP contribution in [0.25, 0.3) is 11.1 Å². The summed E-state index contributed by atoms with van der Waals surface area (Å²) in [5, 5.41) is 2.82. The van der Waals surface area contributed by atoms with Crippen molar-refractivity contribution in [2.24, 2.45) is 0 Å². The Morgan fingerprint density at radius 1 is 0.759 bits per heavy atom. The van der Waals surface area contributed by atoms with Crippen molar-refractivity contribution >= 4 is 17.4 Å². The van der Waals surface area contributed by atoms with Crippen LogP contribution in [-0.4, -0.2) is 33.0 Å². The van der Waals surface area contributed by atoms with E-state index in [1.54, 1.807) is 30.3 Å². The minimum absolute atomic E-state index is 0.0713. The molecule has 4 rings (SSSR count). The van der Waals surface area contributed by atoms with Crippen molar-refractivity contribution in [3.63, 3.8) is 0 Å². The molecule has 29 heavy (non-hydrogen) atoms. The minimum Gasteiger partial charge on any atom is -0.493 e. The van der Waals surface area contributed by atoms with E-state index < -0.39 is 0 Å². The molecule has 3 aromatic carbocycles. The van der Waals surface area contributed by atoms with Crippen molar-refractivity contribution in [3.8, 4) is 28.4 Å². The largest absolute Gasteiger partial charge is 0.493 e. The molecule has 0 bridgehead atoms. The number of methoxy groups -OCH3 is 3. The topological polar surface area (TPSA) is 73.9 Å². The predicted molar refractivity (Wildman–Crippen MR) is 109 cm³/mol. The Labute approximate surface area is 168 Å². The van der Waals surface area contributed by atoms with Gasteiger partial charge in [0.15, 0.2) is 17.3 Å². The fourth-order valence-electron chi connectivity index (χ4n) is 3.53. The molecule has 0 radical (unpaired) electrons. The Bertz CT molecular complexity index is 1110. The highest BCUT2D eigenvalue weighted by molar-refractivity contribution is 6.22. The molecule has 0 atom stereocenters. The van der Waals surface area contributed by atoms with E-state index in [-0.39, 0.29) is 11.7 Å². The quantitative estimate of drug-likeness (QED) is 0.554. The second kappa shape index (κ2) is 7.31. The summed E-state index contributed by atoms with van der Waals surface area (Å²) in [5.41, 5.74) is 3.80. The van der Waals surface area contributed by atoms with Crippen molar-refractivity contribution in [2.75, 3.05) is 26.6 Å². The lowest BCUT2D eigenvalue weighted by Gasteiger charge is -2.14. The molecule has 1 aliphatic carbocycles. The number of fused-ring (bicyclic) bond motifs is 3. The number of amides is 1. The van der Waals surface area contributed by atoms with E-state index in [1.807, 2.05) is 24.3 Å². The molecule has 146 valence electrons. The number of anilines is 1. The summed E-state index contributed by atoms with van der Waals surface area (Å²) in [6.45, 7) is 0. The Morgan fingerprint density at radius 2 is 1.38 bits per heavy atom. The van der Waals surface area contributed by atoms with Gasteiger partial charge < -0.3 is 19.5 Å². The van der Waals surface area contributed by atoms with Gasteiger partial charge in [-0.3, -0.25) is 9.59 Å². The van der Waals surface area contributed by atoms with Gasteiger partial charge in [-0.1, -0.05) is 30.3 Å². The van der Waals surface area contributed by atoms with Crippen LogP contribution in [0.3, 0.4) is 0 Å². The van der Waals surface area contributed by atoms with Gasteiger partial charge in [0.2, 0.25) is 5.75 Å². The van der Waals surface area contributed by atoms with Crippen LogP contribution in [0.5, 0.6) is 17.2 Å². The van der Waals surface area contributed by atoms with Gasteiger partial charge in [-0.15, -0.1) is 0 Å². The van der Waals surface area contributed by atoms with E-state index in [4.69, 9.17) is 14.2 Å². The highest BCUT2D eigenvalue weighted by Crippen LogP contribution is 2.40. The summed E-state index contributed by atoms with van der Waals surface area (Å²) < 4.78 is 15.9. The van der Waals surface area contributed by atoms with Crippen LogP contribution in [0, 0.1) is 0 Å². The number of carbonyl (C=O) groups is 2. The molecule has 0 saturated heterocycles. The minimum atomic E-state index is -0.342. The fourth-order valence-corrected chi connectivity index (χ4v) is 3.53. The smallest absolute Gasteiger partial charge is 0.255 e. The number of ether oxygens (including phenoxy) is 3. The predicted octanol–water partition coefficient (Wildman–Crippen LogP) is 4.18. The third kappa shape index (κ3) is 3.08. The molecule has 6 nitrogen and oxygen atoms in total. The van der Waals surface area contributed by atoms with Crippen LogP contribution in [0.4, 0.5) is 5.69 Å². The Balaban J connectivity index is 1.65. The summed E-state index contributed by atoms with van der Waals surface area (Å²) in [7, 11) is 4.53. The second-order valence-corrected chi connectivity index (χ2v) is 6.50. The van der Waals surface area contributed by atoms with Gasteiger partial charge in [-0.2, -0.15) is 0 Å². The number of rotatable bonds is 5. The first kappa shape index (κ1) is 18.6. The average molecular weight is 389 g/mol. The average Bonchev–Trinajstić information content (AvgIpc) is 3.04. The van der Waals surface area contributed by atoms with E-state index in [0.29, 0.717) is 39.6 Å². The first-order valence-corrected chi connectivity index (χ1v) is 8.97. The summed E-state index contributed by atoms with van der Waals surface area (Å²) in [6, 6.07) is 15.9. The second-order valence-electron chi connectivity index (χ2n) is 6.50. The summed E-state index contributed by atoms with van der Waals surface area (Å²) in [5.74, 6) is 0.890. The van der Waals surface area contributed by atoms with E-state index in [9.17, 15) is 9.59 Å². The zero-order valence-electron chi connectivity index (χ0n) is 16.2. The summed E-state index contributed by atoms with van der Waals surface area (Å²) in [4.78, 5) is 25.5. The summed E-state index contributed by atoms with van der Waals surface area (Å²) >= 11 is 0. The Morgan fingerprint density at radius 3 is 2.00 bits per heavy atom. The molecule has 0 aromatic heterocycles. The van der Waals surface area contributed by atoms with Gasteiger partial charge in [0.1, 0.15) is 0 Å². The molecular formula is C23H19NO5. The zero-order chi connectivity index (χ0) is 20.5. The normalized spacial score (nSPS) is 11.5. The number of benzene rings is 3. The van der Waals surface area contributed by atoms with Crippen molar-refractivity contribution < 1.29 is 23.8 Å². The molecule has 1 N–H and O–H groups in total.